The predicted molar refractivity (Wildman–Crippen MR) is 109 cm³/mol. The van der Waals surface area contributed by atoms with E-state index in [1.165, 1.54) is 24.3 Å². The zero-order valence-electron chi connectivity index (χ0n) is 15.4. The third-order valence-electron chi connectivity index (χ3n) is 4.35. The van der Waals surface area contributed by atoms with Crippen molar-refractivity contribution >= 4 is 21.1 Å². The van der Waals surface area contributed by atoms with Gasteiger partial charge in [-0.15, -0.1) is 0 Å². The van der Waals surface area contributed by atoms with E-state index in [2.05, 4.69) is 0 Å². The van der Waals surface area contributed by atoms with Gasteiger partial charge in [0.2, 0.25) is 0 Å². The van der Waals surface area contributed by atoms with Gasteiger partial charge >= 0.3 is 15.7 Å². The van der Waals surface area contributed by atoms with E-state index >= 15 is 0 Å². The topological polar surface area (TPSA) is 82.8 Å². The van der Waals surface area contributed by atoms with Crippen LogP contribution in [0.2, 0.25) is 0 Å². The Balaban J connectivity index is 1.69. The minimum atomic E-state index is -3.98. The van der Waals surface area contributed by atoms with Crippen molar-refractivity contribution in [2.24, 2.45) is 0 Å². The summed E-state index contributed by atoms with van der Waals surface area (Å²) >= 11 is 0. The average Bonchev–Trinajstić information content (AvgIpc) is 2.74. The van der Waals surface area contributed by atoms with E-state index in [-0.39, 0.29) is 16.2 Å². The standard InChI is InChI=1S/C22H16O6S/c1-26-17-10-7-15(8-11-17)20-13-16-9-12-18(14-21(16)27-22(20)23)28-29(24,25)19-5-3-2-4-6-19/h2-14H,1H3. The Labute approximate surface area is 167 Å². The van der Waals surface area contributed by atoms with Gasteiger partial charge in [-0.1, -0.05) is 30.3 Å². The summed E-state index contributed by atoms with van der Waals surface area (Å²) in [6, 6.07) is 21.1. The van der Waals surface area contributed by atoms with Crippen LogP contribution in [0.25, 0.3) is 22.1 Å². The summed E-state index contributed by atoms with van der Waals surface area (Å²) in [7, 11) is -2.42. The molecule has 7 heteroatoms. The van der Waals surface area contributed by atoms with E-state index in [9.17, 15) is 13.2 Å². The molecular formula is C22H16O6S. The summed E-state index contributed by atoms with van der Waals surface area (Å²) in [5.74, 6) is 0.738. The van der Waals surface area contributed by atoms with Gasteiger partial charge in [-0.25, -0.2) is 4.79 Å². The zero-order chi connectivity index (χ0) is 20.4. The lowest BCUT2D eigenvalue weighted by molar-refractivity contribution is 0.415. The van der Waals surface area contributed by atoms with Crippen molar-refractivity contribution in [1.82, 2.24) is 0 Å². The minimum absolute atomic E-state index is 0.0383. The van der Waals surface area contributed by atoms with E-state index in [0.29, 0.717) is 22.3 Å². The number of fused-ring (bicyclic) bond motifs is 1. The fraction of sp³-hybridized carbons (Fsp3) is 0.0455. The maximum Gasteiger partial charge on any atom is 0.344 e. The van der Waals surface area contributed by atoms with Crippen LogP contribution in [0.4, 0.5) is 0 Å². The van der Waals surface area contributed by atoms with Gasteiger partial charge in [0.1, 0.15) is 22.0 Å². The van der Waals surface area contributed by atoms with Gasteiger partial charge < -0.3 is 13.3 Å². The Kier molecular flexibility index (Phi) is 4.82. The molecule has 0 aliphatic heterocycles. The van der Waals surface area contributed by atoms with Gasteiger partial charge in [0.05, 0.1) is 12.7 Å². The van der Waals surface area contributed by atoms with Crippen LogP contribution in [0.15, 0.2) is 93.0 Å². The van der Waals surface area contributed by atoms with Crippen LogP contribution < -0.4 is 14.5 Å². The second-order valence-corrected chi connectivity index (χ2v) is 7.77. The number of benzene rings is 3. The first kappa shape index (κ1) is 18.8. The van der Waals surface area contributed by atoms with Crippen LogP contribution in [-0.4, -0.2) is 15.5 Å². The number of methoxy groups -OCH3 is 1. The largest absolute Gasteiger partial charge is 0.497 e. The van der Waals surface area contributed by atoms with Crippen molar-refractivity contribution < 1.29 is 21.8 Å². The normalized spacial score (nSPS) is 11.3. The molecule has 0 N–H and O–H groups in total. The van der Waals surface area contributed by atoms with Crippen molar-refractivity contribution in [3.05, 3.63) is 89.3 Å². The average molecular weight is 408 g/mol. The van der Waals surface area contributed by atoms with Crippen LogP contribution in [0.3, 0.4) is 0 Å². The molecule has 0 aliphatic rings. The third kappa shape index (κ3) is 3.86. The van der Waals surface area contributed by atoms with Gasteiger partial charge in [-0.3, -0.25) is 0 Å². The fourth-order valence-electron chi connectivity index (χ4n) is 2.88. The molecule has 29 heavy (non-hydrogen) atoms. The number of hydrogen-bond acceptors (Lipinski definition) is 6. The molecule has 6 nitrogen and oxygen atoms in total. The molecule has 0 bridgehead atoms. The molecule has 1 aromatic heterocycles. The van der Waals surface area contributed by atoms with Crippen molar-refractivity contribution in [2.75, 3.05) is 7.11 Å². The third-order valence-corrected chi connectivity index (χ3v) is 5.61. The second-order valence-electron chi connectivity index (χ2n) is 6.23. The quantitative estimate of drug-likeness (QED) is 0.363. The summed E-state index contributed by atoms with van der Waals surface area (Å²) in [5, 5.41) is 0.639. The first-order valence-corrected chi connectivity index (χ1v) is 10.1. The highest BCUT2D eigenvalue weighted by Crippen LogP contribution is 2.27. The lowest BCUT2D eigenvalue weighted by Crippen LogP contribution is -2.09. The molecule has 0 fully saturated rings. The molecule has 0 saturated heterocycles. The van der Waals surface area contributed by atoms with Crippen LogP contribution in [0.1, 0.15) is 0 Å². The Morgan fingerprint density at radius 1 is 0.828 bits per heavy atom. The SMILES string of the molecule is COc1ccc(-c2cc3ccc(OS(=O)(=O)c4ccccc4)cc3oc2=O)cc1. The lowest BCUT2D eigenvalue weighted by atomic mass is 10.1. The first-order valence-electron chi connectivity index (χ1n) is 8.68. The molecule has 0 spiro atoms. The molecule has 4 aromatic rings. The van der Waals surface area contributed by atoms with Crippen molar-refractivity contribution in [3.8, 4) is 22.6 Å². The number of rotatable bonds is 5. The summed E-state index contributed by atoms with van der Waals surface area (Å²) < 4.78 is 40.4. The molecule has 0 unspecified atom stereocenters. The highest BCUT2D eigenvalue weighted by molar-refractivity contribution is 7.87. The molecule has 3 aromatic carbocycles. The van der Waals surface area contributed by atoms with Crippen LogP contribution >= 0.6 is 0 Å². The van der Waals surface area contributed by atoms with Gasteiger partial charge in [-0.2, -0.15) is 8.42 Å². The molecule has 0 saturated carbocycles. The molecular weight excluding hydrogens is 392 g/mol. The molecule has 0 atom stereocenters. The van der Waals surface area contributed by atoms with Crippen molar-refractivity contribution in [2.45, 2.75) is 4.90 Å². The Morgan fingerprint density at radius 2 is 1.52 bits per heavy atom. The van der Waals surface area contributed by atoms with Crippen LogP contribution in [0, 0.1) is 0 Å². The summed E-state index contributed by atoms with van der Waals surface area (Å²) in [4.78, 5) is 12.5. The van der Waals surface area contributed by atoms with Gasteiger partial charge in [-0.05, 0) is 48.0 Å². The zero-order valence-corrected chi connectivity index (χ0v) is 16.2. The smallest absolute Gasteiger partial charge is 0.344 e. The summed E-state index contributed by atoms with van der Waals surface area (Å²) in [5.41, 5.74) is 0.776. The van der Waals surface area contributed by atoms with Gasteiger partial charge in [0, 0.05) is 11.5 Å². The van der Waals surface area contributed by atoms with E-state index in [1.807, 2.05) is 0 Å². The summed E-state index contributed by atoms with van der Waals surface area (Å²) in [6.45, 7) is 0. The molecule has 0 amide bonds. The molecule has 0 aliphatic carbocycles. The Morgan fingerprint density at radius 3 is 2.21 bits per heavy atom. The van der Waals surface area contributed by atoms with E-state index in [0.717, 1.165) is 0 Å². The van der Waals surface area contributed by atoms with Crippen molar-refractivity contribution in [3.63, 3.8) is 0 Å². The van der Waals surface area contributed by atoms with Gasteiger partial charge in [0.15, 0.2) is 0 Å². The molecule has 4 rings (SSSR count). The highest BCUT2D eigenvalue weighted by Gasteiger charge is 2.17. The fourth-order valence-corrected chi connectivity index (χ4v) is 3.82. The Bertz CT molecular complexity index is 1320. The maximum absolute atomic E-state index is 12.4. The molecule has 146 valence electrons. The molecule has 0 radical (unpaired) electrons. The number of hydrogen-bond donors (Lipinski definition) is 0. The second kappa shape index (κ2) is 7.44. The van der Waals surface area contributed by atoms with E-state index < -0.39 is 15.7 Å². The van der Waals surface area contributed by atoms with Gasteiger partial charge in [0.25, 0.3) is 0 Å². The van der Waals surface area contributed by atoms with Crippen LogP contribution in [-0.2, 0) is 10.1 Å². The van der Waals surface area contributed by atoms with Crippen LogP contribution in [0.5, 0.6) is 11.5 Å². The van der Waals surface area contributed by atoms with E-state index in [1.54, 1.807) is 61.7 Å². The summed E-state index contributed by atoms with van der Waals surface area (Å²) in [6.07, 6.45) is 0. The first-order chi connectivity index (χ1) is 14.0. The number of ether oxygens (including phenoxy) is 1. The predicted octanol–water partition coefficient (Wildman–Crippen LogP) is 4.24. The van der Waals surface area contributed by atoms with E-state index in [4.69, 9.17) is 13.3 Å². The molecule has 1 heterocycles. The minimum Gasteiger partial charge on any atom is -0.497 e. The highest BCUT2D eigenvalue weighted by atomic mass is 32.2. The lowest BCUT2D eigenvalue weighted by Gasteiger charge is -2.08. The Hall–Kier alpha value is -3.58. The van der Waals surface area contributed by atoms with Crippen molar-refractivity contribution in [1.29, 1.82) is 0 Å². The maximum atomic E-state index is 12.4. The monoisotopic (exact) mass is 408 g/mol.